The Labute approximate surface area is 169 Å². The Hall–Kier alpha value is -2.54. The molecule has 0 atom stereocenters. The van der Waals surface area contributed by atoms with Crippen LogP contribution in [0.15, 0.2) is 84.9 Å². The van der Waals surface area contributed by atoms with E-state index in [4.69, 9.17) is 23.2 Å². The highest BCUT2D eigenvalue weighted by atomic mass is 35.5. The van der Waals surface area contributed by atoms with Crippen molar-refractivity contribution in [1.29, 1.82) is 0 Å². The largest absolute Gasteiger partial charge is 0.0843 e. The fraction of sp³-hybridized carbons (Fsp3) is 0.0400. The third-order valence-electron chi connectivity index (χ3n) is 5.28. The Balaban J connectivity index is 1.79. The molecule has 0 spiro atoms. The van der Waals surface area contributed by atoms with Crippen molar-refractivity contribution in [2.75, 3.05) is 0 Å². The van der Waals surface area contributed by atoms with Crippen molar-refractivity contribution < 1.29 is 0 Å². The summed E-state index contributed by atoms with van der Waals surface area (Å²) in [4.78, 5) is 0. The standard InChI is InChI=1S/C25H16Cl2/c26-19-9-5-16(6-10-19)22-13-14-23-21-4-2-1-3-18(21)15-24(23)25(22)17-7-11-20(27)12-8-17/h1-14H,15H2. The van der Waals surface area contributed by atoms with Crippen LogP contribution in [0.4, 0.5) is 0 Å². The van der Waals surface area contributed by atoms with Crippen LogP contribution in [-0.2, 0) is 6.42 Å². The zero-order valence-electron chi connectivity index (χ0n) is 14.5. The molecule has 0 unspecified atom stereocenters. The molecule has 0 aromatic heterocycles. The summed E-state index contributed by atoms with van der Waals surface area (Å²) in [6, 6.07) is 29.4. The Morgan fingerprint density at radius 3 is 1.81 bits per heavy atom. The second-order valence-electron chi connectivity index (χ2n) is 6.86. The smallest absolute Gasteiger partial charge is 0.0406 e. The van der Waals surface area contributed by atoms with Gasteiger partial charge in [-0.1, -0.05) is 83.9 Å². The molecule has 0 heterocycles. The van der Waals surface area contributed by atoms with Gasteiger partial charge >= 0.3 is 0 Å². The average Bonchev–Trinajstić information content (AvgIpc) is 3.07. The summed E-state index contributed by atoms with van der Waals surface area (Å²) in [6.45, 7) is 0. The molecule has 0 radical (unpaired) electrons. The molecule has 1 aliphatic rings. The van der Waals surface area contributed by atoms with Crippen LogP contribution in [0.25, 0.3) is 33.4 Å². The molecule has 4 aromatic carbocycles. The van der Waals surface area contributed by atoms with Crippen molar-refractivity contribution in [2.45, 2.75) is 6.42 Å². The number of rotatable bonds is 2. The molecule has 0 aliphatic heterocycles. The quantitative estimate of drug-likeness (QED) is 0.289. The molecule has 27 heavy (non-hydrogen) atoms. The minimum Gasteiger partial charge on any atom is -0.0843 e. The summed E-state index contributed by atoms with van der Waals surface area (Å²) in [5, 5.41) is 1.50. The summed E-state index contributed by atoms with van der Waals surface area (Å²) in [7, 11) is 0. The molecule has 0 nitrogen and oxygen atoms in total. The predicted octanol–water partition coefficient (Wildman–Crippen LogP) is 7.90. The molecule has 130 valence electrons. The monoisotopic (exact) mass is 386 g/mol. The van der Waals surface area contributed by atoms with Crippen molar-refractivity contribution >= 4 is 23.2 Å². The van der Waals surface area contributed by atoms with Crippen molar-refractivity contribution in [3.8, 4) is 33.4 Å². The fourth-order valence-corrected chi connectivity index (χ4v) is 4.28. The number of halogens is 2. The lowest BCUT2D eigenvalue weighted by atomic mass is 9.88. The average molecular weight is 387 g/mol. The van der Waals surface area contributed by atoms with Crippen LogP contribution in [0.1, 0.15) is 11.1 Å². The van der Waals surface area contributed by atoms with Crippen molar-refractivity contribution in [3.05, 3.63) is 106 Å². The molecule has 0 N–H and O–H groups in total. The zero-order chi connectivity index (χ0) is 18.4. The van der Waals surface area contributed by atoms with Gasteiger partial charge in [0.15, 0.2) is 0 Å². The number of benzene rings is 4. The van der Waals surface area contributed by atoms with Crippen molar-refractivity contribution in [2.24, 2.45) is 0 Å². The SMILES string of the molecule is Clc1ccc(-c2ccc3c(c2-c2ccc(Cl)cc2)Cc2ccccc2-3)cc1. The Morgan fingerprint density at radius 1 is 0.519 bits per heavy atom. The first kappa shape index (κ1) is 16.6. The maximum Gasteiger partial charge on any atom is 0.0406 e. The van der Waals surface area contributed by atoms with Crippen LogP contribution in [0.2, 0.25) is 10.0 Å². The molecular formula is C25H16Cl2. The van der Waals surface area contributed by atoms with Crippen LogP contribution in [0, 0.1) is 0 Å². The summed E-state index contributed by atoms with van der Waals surface area (Å²) >= 11 is 12.3. The van der Waals surface area contributed by atoms with E-state index in [0.29, 0.717) is 0 Å². The Morgan fingerprint density at radius 2 is 1.11 bits per heavy atom. The molecule has 0 bridgehead atoms. The minimum absolute atomic E-state index is 0.750. The molecule has 0 fully saturated rings. The molecule has 4 aromatic rings. The van der Waals surface area contributed by atoms with E-state index in [2.05, 4.69) is 60.7 Å². The first-order valence-corrected chi connectivity index (χ1v) is 9.72. The topological polar surface area (TPSA) is 0 Å². The Kier molecular flexibility index (Phi) is 4.04. The molecule has 2 heteroatoms. The van der Waals surface area contributed by atoms with Gasteiger partial charge in [-0.2, -0.15) is 0 Å². The van der Waals surface area contributed by atoms with E-state index in [1.54, 1.807) is 0 Å². The van der Waals surface area contributed by atoms with E-state index >= 15 is 0 Å². The van der Waals surface area contributed by atoms with Crippen molar-refractivity contribution in [1.82, 2.24) is 0 Å². The van der Waals surface area contributed by atoms with Gasteiger partial charge in [-0.25, -0.2) is 0 Å². The highest BCUT2D eigenvalue weighted by Crippen LogP contribution is 2.46. The van der Waals surface area contributed by atoms with E-state index < -0.39 is 0 Å². The van der Waals surface area contributed by atoms with Crippen LogP contribution < -0.4 is 0 Å². The zero-order valence-corrected chi connectivity index (χ0v) is 16.1. The second kappa shape index (κ2) is 6.56. The second-order valence-corrected chi connectivity index (χ2v) is 7.73. The predicted molar refractivity (Wildman–Crippen MR) is 116 cm³/mol. The van der Waals surface area contributed by atoms with Gasteiger partial charge in [0, 0.05) is 10.0 Å². The third kappa shape index (κ3) is 2.86. The Bertz CT molecular complexity index is 1140. The summed E-state index contributed by atoms with van der Waals surface area (Å²) in [5.74, 6) is 0. The number of fused-ring (bicyclic) bond motifs is 3. The van der Waals surface area contributed by atoms with Crippen LogP contribution in [0.5, 0.6) is 0 Å². The van der Waals surface area contributed by atoms with Gasteiger partial charge in [0.1, 0.15) is 0 Å². The first-order chi connectivity index (χ1) is 13.2. The maximum atomic E-state index is 6.15. The van der Waals surface area contributed by atoms with Gasteiger partial charge in [0.05, 0.1) is 0 Å². The summed E-state index contributed by atoms with van der Waals surface area (Å²) in [5.41, 5.74) is 10.3. The van der Waals surface area contributed by atoms with Gasteiger partial charge in [0.2, 0.25) is 0 Å². The highest BCUT2D eigenvalue weighted by molar-refractivity contribution is 6.31. The van der Waals surface area contributed by atoms with E-state index in [9.17, 15) is 0 Å². The van der Waals surface area contributed by atoms with Gasteiger partial charge < -0.3 is 0 Å². The number of hydrogen-bond acceptors (Lipinski definition) is 0. The van der Waals surface area contributed by atoms with Crippen molar-refractivity contribution in [3.63, 3.8) is 0 Å². The molecule has 1 aliphatic carbocycles. The molecule has 5 rings (SSSR count). The molecular weight excluding hydrogens is 371 g/mol. The number of hydrogen-bond donors (Lipinski definition) is 0. The summed E-state index contributed by atoms with van der Waals surface area (Å²) < 4.78 is 0. The van der Waals surface area contributed by atoms with E-state index in [-0.39, 0.29) is 0 Å². The van der Waals surface area contributed by atoms with E-state index in [0.717, 1.165) is 16.5 Å². The van der Waals surface area contributed by atoms with E-state index in [1.165, 1.54) is 44.5 Å². The molecule has 0 saturated heterocycles. The van der Waals surface area contributed by atoms with Crippen LogP contribution >= 0.6 is 23.2 Å². The lowest BCUT2D eigenvalue weighted by Gasteiger charge is -2.16. The lowest BCUT2D eigenvalue weighted by molar-refractivity contribution is 1.26. The first-order valence-electron chi connectivity index (χ1n) is 8.97. The van der Waals surface area contributed by atoms with E-state index in [1.807, 2.05) is 24.3 Å². The fourth-order valence-electron chi connectivity index (χ4n) is 4.03. The van der Waals surface area contributed by atoms with Gasteiger partial charge in [-0.3, -0.25) is 0 Å². The summed E-state index contributed by atoms with van der Waals surface area (Å²) in [6.07, 6.45) is 0.949. The third-order valence-corrected chi connectivity index (χ3v) is 5.78. The molecule has 0 saturated carbocycles. The van der Waals surface area contributed by atoms with Crippen LogP contribution in [-0.4, -0.2) is 0 Å². The van der Waals surface area contributed by atoms with Gasteiger partial charge in [-0.05, 0) is 75.2 Å². The highest BCUT2D eigenvalue weighted by Gasteiger charge is 2.24. The molecule has 0 amide bonds. The van der Waals surface area contributed by atoms with Gasteiger partial charge in [0.25, 0.3) is 0 Å². The van der Waals surface area contributed by atoms with Crippen LogP contribution in [0.3, 0.4) is 0 Å². The normalized spacial score (nSPS) is 11.9. The van der Waals surface area contributed by atoms with Gasteiger partial charge in [-0.15, -0.1) is 0 Å². The maximum absolute atomic E-state index is 6.15. The lowest BCUT2D eigenvalue weighted by Crippen LogP contribution is -1.93. The minimum atomic E-state index is 0.750.